The normalized spacial score (nSPS) is 10.6. The van der Waals surface area contributed by atoms with Crippen LogP contribution in [0.2, 0.25) is 0 Å². The molecule has 0 spiro atoms. The second-order valence-corrected chi connectivity index (χ2v) is 4.85. The summed E-state index contributed by atoms with van der Waals surface area (Å²) in [6, 6.07) is 13.6. The number of aryl methyl sites for hydroxylation is 1. The number of rotatable bonds is 2. The lowest BCUT2D eigenvalue weighted by molar-refractivity contribution is 0.102. The zero-order valence-corrected chi connectivity index (χ0v) is 11.4. The van der Waals surface area contributed by atoms with Crippen LogP contribution in [0.4, 0.5) is 10.1 Å². The molecule has 0 radical (unpaired) electrons. The Hall–Kier alpha value is -2.75. The summed E-state index contributed by atoms with van der Waals surface area (Å²) < 4.78 is 13.8. The summed E-state index contributed by atoms with van der Waals surface area (Å²) in [6.45, 7) is 1.80. The first-order valence-corrected chi connectivity index (χ1v) is 6.56. The van der Waals surface area contributed by atoms with Crippen LogP contribution in [0.3, 0.4) is 0 Å². The standard InChI is InChI=1S/C17H13FN2O/c1-11-4-6-16(14(18)9-11)20-17(21)13-5-7-15-12(10-13)3-2-8-19-15/h2-10H,1H3,(H,20,21). The number of carbonyl (C=O) groups excluding carboxylic acids is 1. The van der Waals surface area contributed by atoms with Crippen molar-refractivity contribution in [1.29, 1.82) is 0 Å². The fourth-order valence-corrected chi connectivity index (χ4v) is 2.13. The van der Waals surface area contributed by atoms with Crippen molar-refractivity contribution in [2.24, 2.45) is 0 Å². The molecule has 0 saturated heterocycles. The van der Waals surface area contributed by atoms with Gasteiger partial charge in [0.2, 0.25) is 0 Å². The molecular weight excluding hydrogens is 267 g/mol. The smallest absolute Gasteiger partial charge is 0.255 e. The lowest BCUT2D eigenvalue weighted by Crippen LogP contribution is -2.13. The van der Waals surface area contributed by atoms with Crippen molar-refractivity contribution in [2.75, 3.05) is 5.32 Å². The second-order valence-electron chi connectivity index (χ2n) is 4.85. The predicted molar refractivity (Wildman–Crippen MR) is 80.8 cm³/mol. The summed E-state index contributed by atoms with van der Waals surface area (Å²) in [6.07, 6.45) is 1.70. The van der Waals surface area contributed by atoms with Crippen LogP contribution < -0.4 is 5.32 Å². The molecular formula is C17H13FN2O. The van der Waals surface area contributed by atoms with Crippen molar-refractivity contribution in [3.63, 3.8) is 0 Å². The van der Waals surface area contributed by atoms with E-state index in [0.717, 1.165) is 16.5 Å². The number of pyridine rings is 1. The lowest BCUT2D eigenvalue weighted by Gasteiger charge is -2.07. The molecule has 4 heteroatoms. The van der Waals surface area contributed by atoms with Crippen LogP contribution in [0.5, 0.6) is 0 Å². The van der Waals surface area contributed by atoms with Gasteiger partial charge in [-0.2, -0.15) is 0 Å². The van der Waals surface area contributed by atoms with Crippen molar-refractivity contribution in [1.82, 2.24) is 4.98 Å². The molecule has 3 rings (SSSR count). The first-order valence-electron chi connectivity index (χ1n) is 6.56. The van der Waals surface area contributed by atoms with Crippen LogP contribution >= 0.6 is 0 Å². The number of nitrogens with one attached hydrogen (secondary N) is 1. The summed E-state index contributed by atoms with van der Waals surface area (Å²) in [4.78, 5) is 16.4. The topological polar surface area (TPSA) is 42.0 Å². The van der Waals surface area contributed by atoms with Gasteiger partial charge < -0.3 is 5.32 Å². The van der Waals surface area contributed by atoms with E-state index in [9.17, 15) is 9.18 Å². The molecule has 0 saturated carbocycles. The van der Waals surface area contributed by atoms with Crippen LogP contribution in [-0.2, 0) is 0 Å². The molecule has 3 aromatic rings. The number of benzene rings is 2. The third kappa shape index (κ3) is 2.74. The van der Waals surface area contributed by atoms with Crippen LogP contribution in [0, 0.1) is 12.7 Å². The van der Waals surface area contributed by atoms with Crippen molar-refractivity contribution in [3.05, 3.63) is 71.7 Å². The van der Waals surface area contributed by atoms with E-state index < -0.39 is 5.82 Å². The third-order valence-electron chi connectivity index (χ3n) is 3.24. The van der Waals surface area contributed by atoms with Gasteiger partial charge >= 0.3 is 0 Å². The van der Waals surface area contributed by atoms with Gasteiger partial charge in [-0.1, -0.05) is 12.1 Å². The number of hydrogen-bond acceptors (Lipinski definition) is 2. The number of amides is 1. The monoisotopic (exact) mass is 280 g/mol. The maximum atomic E-state index is 13.8. The molecule has 0 fully saturated rings. The molecule has 0 atom stereocenters. The van der Waals surface area contributed by atoms with Gasteiger partial charge in [-0.05, 0) is 48.9 Å². The van der Waals surface area contributed by atoms with Gasteiger partial charge in [0.05, 0.1) is 11.2 Å². The van der Waals surface area contributed by atoms with E-state index in [1.807, 2.05) is 12.1 Å². The molecule has 1 aromatic heterocycles. The van der Waals surface area contributed by atoms with E-state index in [1.165, 1.54) is 6.07 Å². The fraction of sp³-hybridized carbons (Fsp3) is 0.0588. The van der Waals surface area contributed by atoms with Crippen LogP contribution in [-0.4, -0.2) is 10.9 Å². The van der Waals surface area contributed by atoms with E-state index in [4.69, 9.17) is 0 Å². The Morgan fingerprint density at radius 3 is 2.81 bits per heavy atom. The Morgan fingerprint density at radius 2 is 2.00 bits per heavy atom. The van der Waals surface area contributed by atoms with Gasteiger partial charge in [0.25, 0.3) is 5.91 Å². The summed E-state index contributed by atoms with van der Waals surface area (Å²) in [5.41, 5.74) is 2.27. The minimum atomic E-state index is -0.439. The van der Waals surface area contributed by atoms with Crippen molar-refractivity contribution < 1.29 is 9.18 Å². The number of carbonyl (C=O) groups is 1. The molecule has 104 valence electrons. The highest BCUT2D eigenvalue weighted by Crippen LogP contribution is 2.18. The molecule has 0 unspecified atom stereocenters. The predicted octanol–water partition coefficient (Wildman–Crippen LogP) is 3.93. The zero-order chi connectivity index (χ0) is 14.8. The Labute approximate surface area is 121 Å². The maximum Gasteiger partial charge on any atom is 0.255 e. The quantitative estimate of drug-likeness (QED) is 0.772. The second kappa shape index (κ2) is 5.32. The van der Waals surface area contributed by atoms with Crippen molar-refractivity contribution in [3.8, 4) is 0 Å². The van der Waals surface area contributed by atoms with Crippen molar-refractivity contribution >= 4 is 22.5 Å². The first-order chi connectivity index (χ1) is 10.1. The van der Waals surface area contributed by atoms with E-state index >= 15 is 0 Å². The molecule has 0 aliphatic rings. The zero-order valence-electron chi connectivity index (χ0n) is 11.4. The molecule has 0 aliphatic carbocycles. The molecule has 3 nitrogen and oxygen atoms in total. The molecule has 2 aromatic carbocycles. The highest BCUT2D eigenvalue weighted by molar-refractivity contribution is 6.06. The molecule has 0 aliphatic heterocycles. The van der Waals surface area contributed by atoms with E-state index in [0.29, 0.717) is 5.56 Å². The number of anilines is 1. The Kier molecular flexibility index (Phi) is 3.36. The SMILES string of the molecule is Cc1ccc(NC(=O)c2ccc3ncccc3c2)c(F)c1. The first kappa shape index (κ1) is 13.2. The van der Waals surface area contributed by atoms with Crippen LogP contribution in [0.15, 0.2) is 54.7 Å². The van der Waals surface area contributed by atoms with Gasteiger partial charge in [-0.25, -0.2) is 4.39 Å². The van der Waals surface area contributed by atoms with Crippen LogP contribution in [0.25, 0.3) is 10.9 Å². The Balaban J connectivity index is 1.89. The van der Waals surface area contributed by atoms with Gasteiger partial charge in [-0.3, -0.25) is 9.78 Å². The van der Waals surface area contributed by atoms with Gasteiger partial charge in [0.1, 0.15) is 5.82 Å². The maximum absolute atomic E-state index is 13.8. The number of aromatic nitrogens is 1. The summed E-state index contributed by atoms with van der Waals surface area (Å²) >= 11 is 0. The van der Waals surface area contributed by atoms with Gasteiger partial charge in [0.15, 0.2) is 0 Å². The average molecular weight is 280 g/mol. The average Bonchev–Trinajstić information content (AvgIpc) is 2.49. The number of fused-ring (bicyclic) bond motifs is 1. The minimum Gasteiger partial charge on any atom is -0.319 e. The Bertz CT molecular complexity index is 830. The molecule has 0 bridgehead atoms. The molecule has 1 N–H and O–H groups in total. The van der Waals surface area contributed by atoms with Gasteiger partial charge in [-0.15, -0.1) is 0 Å². The number of nitrogens with zero attached hydrogens (tertiary/aromatic N) is 1. The highest BCUT2D eigenvalue weighted by atomic mass is 19.1. The number of hydrogen-bond donors (Lipinski definition) is 1. The largest absolute Gasteiger partial charge is 0.319 e. The molecule has 21 heavy (non-hydrogen) atoms. The number of halogens is 1. The third-order valence-corrected chi connectivity index (χ3v) is 3.24. The Morgan fingerprint density at radius 1 is 1.14 bits per heavy atom. The highest BCUT2D eigenvalue weighted by Gasteiger charge is 2.10. The summed E-state index contributed by atoms with van der Waals surface area (Å²) in [5, 5.41) is 3.45. The summed E-state index contributed by atoms with van der Waals surface area (Å²) in [5.74, 6) is -0.783. The van der Waals surface area contributed by atoms with Gasteiger partial charge in [0, 0.05) is 17.1 Å². The van der Waals surface area contributed by atoms with E-state index in [1.54, 1.807) is 43.5 Å². The van der Waals surface area contributed by atoms with Crippen molar-refractivity contribution in [2.45, 2.75) is 6.92 Å². The van der Waals surface area contributed by atoms with Crippen LogP contribution in [0.1, 0.15) is 15.9 Å². The lowest BCUT2D eigenvalue weighted by atomic mass is 10.1. The van der Waals surface area contributed by atoms with E-state index in [-0.39, 0.29) is 11.6 Å². The molecule has 1 heterocycles. The molecule has 1 amide bonds. The van der Waals surface area contributed by atoms with E-state index in [2.05, 4.69) is 10.3 Å². The summed E-state index contributed by atoms with van der Waals surface area (Å²) in [7, 11) is 0. The minimum absolute atomic E-state index is 0.178. The fourth-order valence-electron chi connectivity index (χ4n) is 2.13.